The fourth-order valence-electron chi connectivity index (χ4n) is 5.41. The summed E-state index contributed by atoms with van der Waals surface area (Å²) in [5.41, 5.74) is 0.805. The maximum absolute atomic E-state index is 13.1. The SMILES string of the molecule is COCCCN(CCC(=O)N1C[C@@]2(C)C[C@@H]1CC(C)(C)C2)C(=O)c1cnccn1. The van der Waals surface area contributed by atoms with E-state index in [1.165, 1.54) is 12.4 Å². The van der Waals surface area contributed by atoms with Crippen LogP contribution in [-0.4, -0.2) is 71.0 Å². The normalized spacial score (nSPS) is 25.1. The van der Waals surface area contributed by atoms with Crippen molar-refractivity contribution in [3.8, 4) is 0 Å². The Labute approximate surface area is 173 Å². The number of fused-ring (bicyclic) bond motifs is 2. The number of hydrogen-bond donors (Lipinski definition) is 0. The Morgan fingerprint density at radius 3 is 2.72 bits per heavy atom. The van der Waals surface area contributed by atoms with Crippen LogP contribution < -0.4 is 0 Å². The quantitative estimate of drug-likeness (QED) is 0.625. The molecule has 160 valence electrons. The summed E-state index contributed by atoms with van der Waals surface area (Å²) in [5, 5.41) is 0. The molecule has 29 heavy (non-hydrogen) atoms. The molecule has 2 aliphatic rings. The van der Waals surface area contributed by atoms with E-state index in [-0.39, 0.29) is 22.6 Å². The monoisotopic (exact) mass is 402 g/mol. The predicted molar refractivity (Wildman–Crippen MR) is 110 cm³/mol. The van der Waals surface area contributed by atoms with Gasteiger partial charge in [0.1, 0.15) is 5.69 Å². The second kappa shape index (κ2) is 8.78. The van der Waals surface area contributed by atoms with Crippen LogP contribution >= 0.6 is 0 Å². The number of amides is 2. The van der Waals surface area contributed by atoms with Crippen molar-refractivity contribution in [2.75, 3.05) is 33.4 Å². The molecule has 2 amide bonds. The Morgan fingerprint density at radius 1 is 1.24 bits per heavy atom. The van der Waals surface area contributed by atoms with E-state index in [1.54, 1.807) is 18.2 Å². The van der Waals surface area contributed by atoms with Gasteiger partial charge in [-0.3, -0.25) is 14.6 Å². The maximum atomic E-state index is 13.1. The van der Waals surface area contributed by atoms with Gasteiger partial charge in [0.25, 0.3) is 5.91 Å². The van der Waals surface area contributed by atoms with Crippen molar-refractivity contribution in [2.45, 2.75) is 58.9 Å². The average molecular weight is 403 g/mol. The number of likely N-dealkylation sites (tertiary alicyclic amines) is 1. The van der Waals surface area contributed by atoms with Gasteiger partial charge in [-0.1, -0.05) is 20.8 Å². The summed E-state index contributed by atoms with van der Waals surface area (Å²) in [7, 11) is 1.64. The summed E-state index contributed by atoms with van der Waals surface area (Å²) < 4.78 is 5.12. The summed E-state index contributed by atoms with van der Waals surface area (Å²) in [6.07, 6.45) is 8.90. The molecule has 2 heterocycles. The molecule has 0 aromatic carbocycles. The Balaban J connectivity index is 1.63. The van der Waals surface area contributed by atoms with E-state index in [9.17, 15) is 9.59 Å². The van der Waals surface area contributed by atoms with E-state index in [0.717, 1.165) is 32.2 Å². The smallest absolute Gasteiger partial charge is 0.274 e. The number of carbonyl (C=O) groups excluding carboxylic acids is 2. The Bertz CT molecular complexity index is 724. The Morgan fingerprint density at radius 2 is 2.03 bits per heavy atom. The zero-order valence-electron chi connectivity index (χ0n) is 18.2. The van der Waals surface area contributed by atoms with Gasteiger partial charge in [-0.25, -0.2) is 4.98 Å². The zero-order valence-corrected chi connectivity index (χ0v) is 18.2. The van der Waals surface area contributed by atoms with Gasteiger partial charge in [-0.05, 0) is 36.5 Å². The van der Waals surface area contributed by atoms with Gasteiger partial charge in [0.2, 0.25) is 5.91 Å². The van der Waals surface area contributed by atoms with E-state index in [2.05, 4.69) is 35.6 Å². The molecule has 7 nitrogen and oxygen atoms in total. The molecule has 1 aromatic rings. The molecule has 0 N–H and O–H groups in total. The van der Waals surface area contributed by atoms with Crippen molar-refractivity contribution in [3.63, 3.8) is 0 Å². The maximum Gasteiger partial charge on any atom is 0.274 e. The molecule has 0 spiro atoms. The number of carbonyl (C=O) groups is 2. The third kappa shape index (κ3) is 5.32. The second-order valence-electron chi connectivity index (χ2n) is 9.71. The number of methoxy groups -OCH3 is 1. The highest BCUT2D eigenvalue weighted by atomic mass is 16.5. The lowest BCUT2D eigenvalue weighted by atomic mass is 9.65. The minimum atomic E-state index is -0.185. The first-order valence-electron chi connectivity index (χ1n) is 10.6. The van der Waals surface area contributed by atoms with Crippen LogP contribution in [-0.2, 0) is 9.53 Å². The number of rotatable bonds is 8. The summed E-state index contributed by atoms with van der Waals surface area (Å²) in [5.74, 6) is -0.0321. The molecule has 0 radical (unpaired) electrons. The predicted octanol–water partition coefficient (Wildman–Crippen LogP) is 2.77. The van der Waals surface area contributed by atoms with Gasteiger partial charge in [0.15, 0.2) is 0 Å². The van der Waals surface area contributed by atoms with Crippen LogP contribution in [0.15, 0.2) is 18.6 Å². The molecule has 7 heteroatoms. The first kappa shape index (κ1) is 21.7. The molecule has 2 bridgehead atoms. The standard InChI is InChI=1S/C22H34N4O3/c1-21(2)12-17-13-22(3,15-21)16-26(17)19(27)6-10-25(9-5-11-29-4)20(28)18-14-23-7-8-24-18/h7-8,14,17H,5-6,9-13,15-16H2,1-4H3/t17-,22-/m0/s1. The molecule has 0 unspecified atom stereocenters. The fraction of sp³-hybridized carbons (Fsp3) is 0.727. The third-order valence-electron chi connectivity index (χ3n) is 6.18. The molecule has 2 atom stereocenters. The van der Waals surface area contributed by atoms with E-state index < -0.39 is 0 Å². The number of nitrogens with zero attached hydrogens (tertiary/aromatic N) is 4. The van der Waals surface area contributed by atoms with Crippen LogP contribution in [0.5, 0.6) is 0 Å². The molecule has 1 saturated heterocycles. The van der Waals surface area contributed by atoms with Crippen molar-refractivity contribution < 1.29 is 14.3 Å². The molecule has 1 aromatic heterocycles. The van der Waals surface area contributed by atoms with Crippen LogP contribution in [0.2, 0.25) is 0 Å². The van der Waals surface area contributed by atoms with E-state index in [1.807, 2.05) is 0 Å². The lowest BCUT2D eigenvalue weighted by Gasteiger charge is -2.39. The van der Waals surface area contributed by atoms with Crippen molar-refractivity contribution in [1.29, 1.82) is 0 Å². The fourth-order valence-corrected chi connectivity index (χ4v) is 5.41. The van der Waals surface area contributed by atoms with Crippen molar-refractivity contribution in [1.82, 2.24) is 19.8 Å². The van der Waals surface area contributed by atoms with Gasteiger partial charge < -0.3 is 14.5 Å². The van der Waals surface area contributed by atoms with E-state index in [4.69, 9.17) is 4.74 Å². The minimum Gasteiger partial charge on any atom is -0.385 e. The summed E-state index contributed by atoms with van der Waals surface area (Å²) in [4.78, 5) is 37.8. The molecule has 1 saturated carbocycles. The minimum absolute atomic E-state index is 0.153. The molecular weight excluding hydrogens is 368 g/mol. The highest BCUT2D eigenvalue weighted by molar-refractivity contribution is 5.92. The molecular formula is C22H34N4O3. The summed E-state index contributed by atoms with van der Waals surface area (Å²) >= 11 is 0. The number of ether oxygens (including phenoxy) is 1. The zero-order chi connectivity index (χ0) is 21.1. The lowest BCUT2D eigenvalue weighted by Crippen LogP contribution is -2.40. The van der Waals surface area contributed by atoms with E-state index in [0.29, 0.717) is 37.9 Å². The highest BCUT2D eigenvalue weighted by Gasteiger charge is 2.50. The van der Waals surface area contributed by atoms with Gasteiger partial charge >= 0.3 is 0 Å². The van der Waals surface area contributed by atoms with Crippen LogP contribution in [0.1, 0.15) is 63.4 Å². The molecule has 2 fully saturated rings. The van der Waals surface area contributed by atoms with Crippen LogP contribution in [0, 0.1) is 10.8 Å². The average Bonchev–Trinajstić information content (AvgIpc) is 2.93. The lowest BCUT2D eigenvalue weighted by molar-refractivity contribution is -0.132. The summed E-state index contributed by atoms with van der Waals surface area (Å²) in [6.45, 7) is 9.25. The van der Waals surface area contributed by atoms with Crippen molar-refractivity contribution in [2.24, 2.45) is 10.8 Å². The van der Waals surface area contributed by atoms with E-state index >= 15 is 0 Å². The van der Waals surface area contributed by atoms with Gasteiger partial charge in [-0.15, -0.1) is 0 Å². The third-order valence-corrected chi connectivity index (χ3v) is 6.18. The van der Waals surface area contributed by atoms with Crippen LogP contribution in [0.4, 0.5) is 0 Å². The highest BCUT2D eigenvalue weighted by Crippen LogP contribution is 2.52. The molecule has 3 rings (SSSR count). The molecule has 1 aliphatic heterocycles. The first-order chi connectivity index (χ1) is 13.7. The Kier molecular flexibility index (Phi) is 6.56. The van der Waals surface area contributed by atoms with Gasteiger partial charge in [0.05, 0.1) is 6.20 Å². The second-order valence-corrected chi connectivity index (χ2v) is 9.71. The van der Waals surface area contributed by atoms with Crippen molar-refractivity contribution >= 4 is 11.8 Å². The van der Waals surface area contributed by atoms with Crippen molar-refractivity contribution in [3.05, 3.63) is 24.3 Å². The van der Waals surface area contributed by atoms with Crippen LogP contribution in [0.3, 0.4) is 0 Å². The topological polar surface area (TPSA) is 75.6 Å². The molecule has 1 aliphatic carbocycles. The van der Waals surface area contributed by atoms with Gasteiger partial charge in [-0.2, -0.15) is 0 Å². The van der Waals surface area contributed by atoms with Crippen LogP contribution in [0.25, 0.3) is 0 Å². The number of hydrogen-bond acceptors (Lipinski definition) is 5. The largest absolute Gasteiger partial charge is 0.385 e. The van der Waals surface area contributed by atoms with Gasteiger partial charge in [0, 0.05) is 58.2 Å². The first-order valence-corrected chi connectivity index (χ1v) is 10.6. The Hall–Kier alpha value is -2.02. The summed E-state index contributed by atoms with van der Waals surface area (Å²) in [6, 6.07) is 0.328. The number of aromatic nitrogens is 2.